The third kappa shape index (κ3) is 5.57. The molecule has 1 aliphatic heterocycles. The van der Waals surface area contributed by atoms with Crippen LogP contribution in [-0.4, -0.2) is 55.4 Å². The molecule has 3 rings (SSSR count). The number of rotatable bonds is 7. The van der Waals surface area contributed by atoms with Crippen molar-refractivity contribution in [2.75, 3.05) is 39.1 Å². The van der Waals surface area contributed by atoms with Crippen LogP contribution < -0.4 is 10.1 Å². The number of methoxy groups -OCH3 is 1. The molecule has 6 heteroatoms. The average Bonchev–Trinajstić information content (AvgIpc) is 3.16. The van der Waals surface area contributed by atoms with Gasteiger partial charge >= 0.3 is 0 Å². The summed E-state index contributed by atoms with van der Waals surface area (Å²) < 4.78 is 5.16. The van der Waals surface area contributed by atoms with Gasteiger partial charge < -0.3 is 15.0 Å². The number of likely N-dealkylation sites (tertiary alicyclic amines) is 1. The van der Waals surface area contributed by atoms with E-state index in [4.69, 9.17) is 4.74 Å². The summed E-state index contributed by atoms with van der Waals surface area (Å²) in [6.45, 7) is 3.31. The van der Waals surface area contributed by atoms with Crippen LogP contribution >= 0.6 is 0 Å². The van der Waals surface area contributed by atoms with E-state index in [0.29, 0.717) is 18.0 Å². The topological polar surface area (TPSA) is 61.9 Å². The summed E-state index contributed by atoms with van der Waals surface area (Å²) in [7, 11) is 3.25. The zero-order valence-corrected chi connectivity index (χ0v) is 17.4. The molecule has 1 fully saturated rings. The lowest BCUT2D eigenvalue weighted by atomic mass is 10.0. The molecule has 29 heavy (non-hydrogen) atoms. The van der Waals surface area contributed by atoms with Crippen molar-refractivity contribution >= 4 is 17.5 Å². The number of carbonyl (C=O) groups excluding carboxylic acids is 2. The Morgan fingerprint density at radius 3 is 2.69 bits per heavy atom. The second-order valence-corrected chi connectivity index (χ2v) is 7.57. The average molecular weight is 396 g/mol. The molecule has 2 amide bonds. The van der Waals surface area contributed by atoms with Gasteiger partial charge in [0.15, 0.2) is 0 Å². The number of carbonyl (C=O) groups is 2. The molecule has 0 saturated carbocycles. The second kappa shape index (κ2) is 9.56. The van der Waals surface area contributed by atoms with Crippen LogP contribution in [-0.2, 0) is 9.59 Å². The molecule has 1 saturated heterocycles. The molecule has 154 valence electrons. The smallest absolute Gasteiger partial charge is 0.243 e. The molecule has 0 bridgehead atoms. The standard InChI is InChI=1S/C23H29N3O3/c1-17-9-11-18(12-10-17)21-8-5-13-26(21)16-23(28)25(2)15-22(27)24-19-6-4-7-20(14-19)29-3/h4,6-7,9-12,14,21H,5,8,13,15-16H2,1-3H3,(H,24,27). The number of ether oxygens (including phenoxy) is 1. The first-order valence-electron chi connectivity index (χ1n) is 9.95. The summed E-state index contributed by atoms with van der Waals surface area (Å²) in [5, 5.41) is 2.81. The second-order valence-electron chi connectivity index (χ2n) is 7.57. The molecule has 1 unspecified atom stereocenters. The molecule has 1 heterocycles. The number of anilines is 1. The summed E-state index contributed by atoms with van der Waals surface area (Å²) in [6.07, 6.45) is 2.13. The largest absolute Gasteiger partial charge is 0.497 e. The van der Waals surface area contributed by atoms with E-state index in [-0.39, 0.29) is 24.4 Å². The van der Waals surface area contributed by atoms with Crippen LogP contribution in [0.15, 0.2) is 48.5 Å². The summed E-state index contributed by atoms with van der Waals surface area (Å²) in [6, 6.07) is 15.9. The maximum atomic E-state index is 12.7. The summed E-state index contributed by atoms with van der Waals surface area (Å²) in [5.74, 6) is 0.388. The van der Waals surface area contributed by atoms with Crippen LogP contribution in [0, 0.1) is 6.92 Å². The molecular formula is C23H29N3O3. The Labute approximate surface area is 172 Å². The Morgan fingerprint density at radius 2 is 1.97 bits per heavy atom. The highest BCUT2D eigenvalue weighted by molar-refractivity contribution is 5.94. The lowest BCUT2D eigenvalue weighted by Gasteiger charge is -2.26. The van der Waals surface area contributed by atoms with Crippen molar-refractivity contribution in [2.24, 2.45) is 0 Å². The predicted molar refractivity (Wildman–Crippen MR) is 114 cm³/mol. The first-order chi connectivity index (χ1) is 14.0. The quantitative estimate of drug-likeness (QED) is 0.782. The van der Waals surface area contributed by atoms with Gasteiger partial charge in [0.05, 0.1) is 20.2 Å². The van der Waals surface area contributed by atoms with Gasteiger partial charge in [0.2, 0.25) is 11.8 Å². The number of nitrogens with one attached hydrogen (secondary N) is 1. The molecular weight excluding hydrogens is 366 g/mol. The van der Waals surface area contributed by atoms with Gasteiger partial charge in [0.1, 0.15) is 5.75 Å². The van der Waals surface area contributed by atoms with Gasteiger partial charge in [-0.15, -0.1) is 0 Å². The minimum absolute atomic E-state index is 0.0130. The molecule has 0 aliphatic carbocycles. The highest BCUT2D eigenvalue weighted by Crippen LogP contribution is 2.31. The van der Waals surface area contributed by atoms with Gasteiger partial charge in [0.25, 0.3) is 0 Å². The van der Waals surface area contributed by atoms with Gasteiger partial charge in [-0.05, 0) is 44.0 Å². The molecule has 1 aliphatic rings. The molecule has 0 radical (unpaired) electrons. The minimum Gasteiger partial charge on any atom is -0.497 e. The highest BCUT2D eigenvalue weighted by atomic mass is 16.5. The van der Waals surface area contributed by atoms with E-state index in [1.54, 1.807) is 26.3 Å². The van der Waals surface area contributed by atoms with E-state index in [2.05, 4.69) is 41.4 Å². The SMILES string of the molecule is COc1cccc(NC(=O)CN(C)C(=O)CN2CCCC2c2ccc(C)cc2)c1. The number of aryl methyl sites for hydroxylation is 1. The van der Waals surface area contributed by atoms with Crippen LogP contribution in [0.25, 0.3) is 0 Å². The Kier molecular flexibility index (Phi) is 6.88. The van der Waals surface area contributed by atoms with E-state index in [1.165, 1.54) is 16.0 Å². The Morgan fingerprint density at radius 1 is 1.21 bits per heavy atom. The van der Waals surface area contributed by atoms with E-state index in [9.17, 15) is 9.59 Å². The first kappa shape index (κ1) is 20.9. The maximum absolute atomic E-state index is 12.7. The lowest BCUT2D eigenvalue weighted by molar-refractivity contribution is -0.134. The molecule has 0 spiro atoms. The number of amides is 2. The van der Waals surface area contributed by atoms with Crippen LogP contribution in [0.2, 0.25) is 0 Å². The van der Waals surface area contributed by atoms with E-state index >= 15 is 0 Å². The van der Waals surface area contributed by atoms with Gasteiger partial charge in [-0.2, -0.15) is 0 Å². The molecule has 2 aromatic rings. The van der Waals surface area contributed by atoms with E-state index < -0.39 is 0 Å². The van der Waals surface area contributed by atoms with E-state index in [1.807, 2.05) is 12.1 Å². The van der Waals surface area contributed by atoms with E-state index in [0.717, 1.165) is 19.4 Å². The third-order valence-corrected chi connectivity index (χ3v) is 5.32. The first-order valence-corrected chi connectivity index (χ1v) is 9.95. The van der Waals surface area contributed by atoms with Crippen LogP contribution in [0.3, 0.4) is 0 Å². The van der Waals surface area contributed by atoms with Crippen molar-refractivity contribution in [1.82, 2.24) is 9.80 Å². The zero-order chi connectivity index (χ0) is 20.8. The summed E-state index contributed by atoms with van der Waals surface area (Å²) in [4.78, 5) is 28.7. The van der Waals surface area contributed by atoms with Gasteiger partial charge in [0, 0.05) is 24.8 Å². The number of hydrogen-bond donors (Lipinski definition) is 1. The predicted octanol–water partition coefficient (Wildman–Crippen LogP) is 3.24. The van der Waals surface area contributed by atoms with Crippen molar-refractivity contribution in [3.05, 3.63) is 59.7 Å². The lowest BCUT2D eigenvalue weighted by Crippen LogP contribution is -2.41. The molecule has 1 N–H and O–H groups in total. The number of nitrogens with zero attached hydrogens (tertiary/aromatic N) is 2. The van der Waals surface area contributed by atoms with Gasteiger partial charge in [-0.3, -0.25) is 14.5 Å². The fourth-order valence-electron chi connectivity index (χ4n) is 3.68. The summed E-state index contributed by atoms with van der Waals surface area (Å²) in [5.41, 5.74) is 3.13. The normalized spacial score (nSPS) is 16.4. The zero-order valence-electron chi connectivity index (χ0n) is 17.4. The van der Waals surface area contributed by atoms with Crippen LogP contribution in [0.1, 0.15) is 30.0 Å². The Balaban J connectivity index is 1.54. The van der Waals surface area contributed by atoms with Crippen molar-refractivity contribution in [1.29, 1.82) is 0 Å². The number of benzene rings is 2. The van der Waals surface area contributed by atoms with Crippen LogP contribution in [0.4, 0.5) is 5.69 Å². The van der Waals surface area contributed by atoms with Crippen LogP contribution in [0.5, 0.6) is 5.75 Å². The number of hydrogen-bond acceptors (Lipinski definition) is 4. The third-order valence-electron chi connectivity index (χ3n) is 5.32. The highest BCUT2D eigenvalue weighted by Gasteiger charge is 2.28. The van der Waals surface area contributed by atoms with Crippen molar-refractivity contribution in [2.45, 2.75) is 25.8 Å². The molecule has 6 nitrogen and oxygen atoms in total. The van der Waals surface area contributed by atoms with Gasteiger partial charge in [-0.1, -0.05) is 35.9 Å². The Hall–Kier alpha value is -2.86. The van der Waals surface area contributed by atoms with Crippen molar-refractivity contribution in [3.63, 3.8) is 0 Å². The molecule has 2 aromatic carbocycles. The Bertz CT molecular complexity index is 851. The van der Waals surface area contributed by atoms with Crippen molar-refractivity contribution < 1.29 is 14.3 Å². The van der Waals surface area contributed by atoms with Crippen molar-refractivity contribution in [3.8, 4) is 5.75 Å². The fraction of sp³-hybridized carbons (Fsp3) is 0.391. The molecule has 1 atom stereocenters. The fourth-order valence-corrected chi connectivity index (χ4v) is 3.68. The van der Waals surface area contributed by atoms with Gasteiger partial charge in [-0.25, -0.2) is 0 Å². The minimum atomic E-state index is -0.231. The monoisotopic (exact) mass is 395 g/mol. The molecule has 0 aromatic heterocycles. The maximum Gasteiger partial charge on any atom is 0.243 e. The number of likely N-dealkylation sites (N-methyl/N-ethyl adjacent to an activating group) is 1. The summed E-state index contributed by atoms with van der Waals surface area (Å²) >= 11 is 0.